The van der Waals surface area contributed by atoms with Crippen molar-refractivity contribution in [2.24, 2.45) is 0 Å². The molecule has 0 aliphatic heterocycles. The molecule has 2 aromatic carbocycles. The summed E-state index contributed by atoms with van der Waals surface area (Å²) in [5.74, 6) is -0.515. The molecule has 6 heteroatoms. The Balaban J connectivity index is 1.91. The third-order valence-corrected chi connectivity index (χ3v) is 3.21. The molecular weight excluding hydrogens is 306 g/mol. The number of nitro benzene ring substituents is 1. The van der Waals surface area contributed by atoms with Gasteiger partial charge < -0.3 is 4.74 Å². The Hall–Kier alpha value is -2.66. The van der Waals surface area contributed by atoms with Gasteiger partial charge in [-0.15, -0.1) is 0 Å². The number of carbonyl (C=O) groups excluding carboxylic acids is 1. The molecule has 5 nitrogen and oxygen atoms in total. The number of non-ortho nitro benzene ring substituents is 1. The predicted octanol–water partition coefficient (Wildman–Crippen LogP) is 4.00. The van der Waals surface area contributed by atoms with Crippen molar-refractivity contribution in [2.45, 2.75) is 6.61 Å². The lowest BCUT2D eigenvalue weighted by Gasteiger charge is -2.03. The van der Waals surface area contributed by atoms with E-state index in [4.69, 9.17) is 16.3 Å². The third-order valence-electron chi connectivity index (χ3n) is 2.84. The number of carbonyl (C=O) groups is 1. The fourth-order valence-corrected chi connectivity index (χ4v) is 1.87. The highest BCUT2D eigenvalue weighted by Crippen LogP contribution is 2.16. The minimum atomic E-state index is -0.515. The molecule has 0 bridgehead atoms. The summed E-state index contributed by atoms with van der Waals surface area (Å²) in [7, 11) is 0. The molecule has 0 amide bonds. The molecule has 0 N–H and O–H groups in total. The highest BCUT2D eigenvalue weighted by molar-refractivity contribution is 6.31. The number of esters is 1. The number of nitro groups is 1. The lowest BCUT2D eigenvalue weighted by molar-refractivity contribution is -0.384. The number of hydrogen-bond acceptors (Lipinski definition) is 4. The smallest absolute Gasteiger partial charge is 0.331 e. The second kappa shape index (κ2) is 7.38. The SMILES string of the molecule is O=C(/C=C/c1ccc([N+](=O)[O-])cc1)OCc1ccccc1Cl. The Kier molecular flexibility index (Phi) is 5.27. The van der Waals surface area contributed by atoms with Gasteiger partial charge in [-0.05, 0) is 29.8 Å². The van der Waals surface area contributed by atoms with Crippen LogP contribution in [0.15, 0.2) is 54.6 Å². The largest absolute Gasteiger partial charge is 0.458 e. The van der Waals surface area contributed by atoms with Crippen LogP contribution < -0.4 is 0 Å². The van der Waals surface area contributed by atoms with Crippen LogP contribution in [0.1, 0.15) is 11.1 Å². The monoisotopic (exact) mass is 317 g/mol. The minimum Gasteiger partial charge on any atom is -0.458 e. The highest BCUT2D eigenvalue weighted by Gasteiger charge is 2.04. The zero-order chi connectivity index (χ0) is 15.9. The van der Waals surface area contributed by atoms with Crippen LogP contribution in [0.4, 0.5) is 5.69 Å². The first kappa shape index (κ1) is 15.7. The molecule has 0 heterocycles. The van der Waals surface area contributed by atoms with Crippen LogP contribution in [-0.4, -0.2) is 10.9 Å². The van der Waals surface area contributed by atoms with Crippen molar-refractivity contribution in [3.05, 3.63) is 80.9 Å². The van der Waals surface area contributed by atoms with Crippen LogP contribution in [0, 0.1) is 10.1 Å². The highest BCUT2D eigenvalue weighted by atomic mass is 35.5. The van der Waals surface area contributed by atoms with Crippen molar-refractivity contribution in [1.29, 1.82) is 0 Å². The molecule has 0 radical (unpaired) electrons. The molecular formula is C16H12ClNO4. The van der Waals surface area contributed by atoms with Crippen molar-refractivity contribution in [3.8, 4) is 0 Å². The van der Waals surface area contributed by atoms with E-state index in [0.29, 0.717) is 10.6 Å². The molecule has 0 saturated carbocycles. The van der Waals surface area contributed by atoms with Gasteiger partial charge in [-0.1, -0.05) is 29.8 Å². The van der Waals surface area contributed by atoms with E-state index in [0.717, 1.165) is 5.56 Å². The average Bonchev–Trinajstić information content (AvgIpc) is 2.52. The van der Waals surface area contributed by atoms with E-state index in [9.17, 15) is 14.9 Å². The van der Waals surface area contributed by atoms with Crippen LogP contribution in [-0.2, 0) is 16.1 Å². The molecule has 0 atom stereocenters. The van der Waals surface area contributed by atoms with E-state index in [1.54, 1.807) is 30.3 Å². The van der Waals surface area contributed by atoms with E-state index in [2.05, 4.69) is 0 Å². The van der Waals surface area contributed by atoms with E-state index in [1.165, 1.54) is 24.3 Å². The molecule has 0 spiro atoms. The van der Waals surface area contributed by atoms with Gasteiger partial charge in [-0.2, -0.15) is 0 Å². The van der Waals surface area contributed by atoms with E-state index in [-0.39, 0.29) is 12.3 Å². The molecule has 2 aromatic rings. The summed E-state index contributed by atoms with van der Waals surface area (Å²) >= 11 is 5.96. The normalized spacial score (nSPS) is 10.6. The third kappa shape index (κ3) is 4.43. The van der Waals surface area contributed by atoms with Crippen molar-refractivity contribution in [1.82, 2.24) is 0 Å². The Labute approximate surface area is 131 Å². The van der Waals surface area contributed by atoms with Gasteiger partial charge in [0, 0.05) is 28.8 Å². The maximum atomic E-state index is 11.6. The molecule has 22 heavy (non-hydrogen) atoms. The molecule has 0 unspecified atom stereocenters. The standard InChI is InChI=1S/C16H12ClNO4/c17-15-4-2-1-3-13(15)11-22-16(19)10-7-12-5-8-14(9-6-12)18(20)21/h1-10H,11H2/b10-7+. The summed E-state index contributed by atoms with van der Waals surface area (Å²) in [6.07, 6.45) is 2.79. The van der Waals surface area contributed by atoms with Gasteiger partial charge in [0.2, 0.25) is 0 Å². The predicted molar refractivity (Wildman–Crippen MR) is 83.4 cm³/mol. The summed E-state index contributed by atoms with van der Waals surface area (Å²) < 4.78 is 5.07. The van der Waals surface area contributed by atoms with E-state index >= 15 is 0 Å². The van der Waals surface area contributed by atoms with Gasteiger partial charge in [0.15, 0.2) is 0 Å². The molecule has 0 aliphatic carbocycles. The number of benzene rings is 2. The van der Waals surface area contributed by atoms with Crippen LogP contribution in [0.3, 0.4) is 0 Å². The van der Waals surface area contributed by atoms with Gasteiger partial charge in [-0.3, -0.25) is 10.1 Å². The van der Waals surface area contributed by atoms with Crippen LogP contribution in [0.25, 0.3) is 6.08 Å². The molecule has 112 valence electrons. The van der Waals surface area contributed by atoms with Gasteiger partial charge in [0.1, 0.15) is 6.61 Å². The van der Waals surface area contributed by atoms with Gasteiger partial charge in [0.25, 0.3) is 5.69 Å². The fraction of sp³-hybridized carbons (Fsp3) is 0.0625. The van der Waals surface area contributed by atoms with Gasteiger partial charge in [-0.25, -0.2) is 4.79 Å². The number of nitrogens with zero attached hydrogens (tertiary/aromatic N) is 1. The topological polar surface area (TPSA) is 69.4 Å². The first-order valence-corrected chi connectivity index (χ1v) is 6.77. The number of rotatable bonds is 5. The number of hydrogen-bond donors (Lipinski definition) is 0. The van der Waals surface area contributed by atoms with E-state index in [1.807, 2.05) is 6.07 Å². The zero-order valence-electron chi connectivity index (χ0n) is 11.4. The van der Waals surface area contributed by atoms with Crippen molar-refractivity contribution >= 4 is 29.3 Å². The summed E-state index contributed by atoms with van der Waals surface area (Å²) in [6.45, 7) is 0.0864. The first-order chi connectivity index (χ1) is 10.6. The molecule has 0 aliphatic rings. The summed E-state index contributed by atoms with van der Waals surface area (Å²) in [5.41, 5.74) is 1.39. The molecule has 0 aromatic heterocycles. The van der Waals surface area contributed by atoms with Crippen LogP contribution >= 0.6 is 11.6 Å². The van der Waals surface area contributed by atoms with Crippen molar-refractivity contribution in [3.63, 3.8) is 0 Å². The Morgan fingerprint density at radius 2 is 1.86 bits per heavy atom. The van der Waals surface area contributed by atoms with Gasteiger partial charge >= 0.3 is 5.97 Å². The first-order valence-electron chi connectivity index (χ1n) is 6.39. The fourth-order valence-electron chi connectivity index (χ4n) is 1.68. The van der Waals surface area contributed by atoms with Crippen molar-refractivity contribution < 1.29 is 14.5 Å². The molecule has 0 saturated heterocycles. The lowest BCUT2D eigenvalue weighted by Crippen LogP contribution is -2.01. The summed E-state index contributed by atoms with van der Waals surface area (Å²) in [6, 6.07) is 12.9. The maximum absolute atomic E-state index is 11.6. The average molecular weight is 318 g/mol. The van der Waals surface area contributed by atoms with Crippen molar-refractivity contribution in [2.75, 3.05) is 0 Å². The number of halogens is 1. The summed E-state index contributed by atoms with van der Waals surface area (Å²) in [5, 5.41) is 11.1. The second-order valence-corrected chi connectivity index (χ2v) is 4.79. The summed E-state index contributed by atoms with van der Waals surface area (Å²) in [4.78, 5) is 21.7. The van der Waals surface area contributed by atoms with Crippen LogP contribution in [0.5, 0.6) is 0 Å². The Morgan fingerprint density at radius 3 is 2.50 bits per heavy atom. The van der Waals surface area contributed by atoms with Crippen LogP contribution in [0.2, 0.25) is 5.02 Å². The van der Waals surface area contributed by atoms with Gasteiger partial charge in [0.05, 0.1) is 4.92 Å². The number of ether oxygens (including phenoxy) is 1. The molecule has 2 rings (SSSR count). The molecule has 0 fully saturated rings. The van der Waals surface area contributed by atoms with E-state index < -0.39 is 10.9 Å². The maximum Gasteiger partial charge on any atom is 0.331 e. The second-order valence-electron chi connectivity index (χ2n) is 4.38. The zero-order valence-corrected chi connectivity index (χ0v) is 12.2. The Morgan fingerprint density at radius 1 is 1.18 bits per heavy atom. The lowest BCUT2D eigenvalue weighted by atomic mass is 10.2. The quantitative estimate of drug-likeness (QED) is 0.361. The Bertz CT molecular complexity index is 710. The minimum absolute atomic E-state index is 0.00144.